The van der Waals surface area contributed by atoms with E-state index in [1.165, 1.54) is 11.1 Å². The number of amides is 2. The van der Waals surface area contributed by atoms with Crippen LogP contribution in [0.25, 0.3) is 0 Å². The second-order valence-electron chi connectivity index (χ2n) is 6.59. The number of alkyl halides is 1. The van der Waals surface area contributed by atoms with E-state index in [0.29, 0.717) is 37.4 Å². The molecule has 0 aromatic heterocycles. The van der Waals surface area contributed by atoms with Crippen LogP contribution < -0.4 is 5.32 Å². The van der Waals surface area contributed by atoms with E-state index in [9.17, 15) is 15.1 Å². The van der Waals surface area contributed by atoms with Gasteiger partial charge >= 0.3 is 6.03 Å². The molecule has 0 spiro atoms. The molecule has 3 heterocycles. The second-order valence-corrected chi connectivity index (χ2v) is 6.59. The summed E-state index contributed by atoms with van der Waals surface area (Å²) in [6.07, 6.45) is 2.23. The third-order valence-corrected chi connectivity index (χ3v) is 5.37. The van der Waals surface area contributed by atoms with Crippen molar-refractivity contribution in [2.24, 2.45) is 4.99 Å². The molecule has 0 bridgehead atoms. The van der Waals surface area contributed by atoms with Crippen molar-refractivity contribution in [3.63, 3.8) is 0 Å². The molecule has 3 unspecified atom stereocenters. The Labute approximate surface area is 140 Å². The predicted octanol–water partition coefficient (Wildman–Crippen LogP) is 0.837. The van der Waals surface area contributed by atoms with Gasteiger partial charge in [0.2, 0.25) is 0 Å². The number of urea groups is 1. The molecule has 3 aliphatic heterocycles. The molecule has 0 aromatic rings. The molecular weight excluding hydrogens is 319 g/mol. The standard InChI is InChI=1S/C15H25FN4O4/c1-3-7-19-12(22)18-15(16)14(19,9-17-10-20(15)23)13(11(21)4-2)6-5-8-24-13/h9,11,21,23H,3-8,10H2,1-2H3,(H,18,22)/t11-,13?,14?,15?/m0/s1. The van der Waals surface area contributed by atoms with Gasteiger partial charge in [0.1, 0.15) is 12.3 Å². The van der Waals surface area contributed by atoms with E-state index in [-0.39, 0.29) is 13.2 Å². The molecular formula is C15H25FN4O4. The summed E-state index contributed by atoms with van der Waals surface area (Å²) in [4.78, 5) is 17.9. The first-order valence-corrected chi connectivity index (χ1v) is 8.48. The smallest absolute Gasteiger partial charge is 0.322 e. The Balaban J connectivity index is 2.24. The Hall–Kier alpha value is -1.29. The topological polar surface area (TPSA) is 97.6 Å². The van der Waals surface area contributed by atoms with Crippen molar-refractivity contribution in [2.45, 2.75) is 62.7 Å². The lowest BCUT2D eigenvalue weighted by Crippen LogP contribution is -2.80. The van der Waals surface area contributed by atoms with Crippen LogP contribution in [-0.2, 0) is 4.74 Å². The van der Waals surface area contributed by atoms with Crippen LogP contribution in [-0.4, -0.2) is 75.5 Å². The maximum absolute atomic E-state index is 16.0. The Morgan fingerprint density at radius 1 is 1.54 bits per heavy atom. The number of aliphatic hydroxyl groups excluding tert-OH is 1. The molecule has 3 rings (SSSR count). The zero-order valence-electron chi connectivity index (χ0n) is 14.0. The van der Waals surface area contributed by atoms with Gasteiger partial charge in [-0.1, -0.05) is 13.8 Å². The fourth-order valence-corrected chi connectivity index (χ4v) is 4.34. The van der Waals surface area contributed by atoms with Gasteiger partial charge in [-0.15, -0.1) is 5.06 Å². The zero-order valence-corrected chi connectivity index (χ0v) is 14.0. The summed E-state index contributed by atoms with van der Waals surface area (Å²) in [5.41, 5.74) is -3.12. The van der Waals surface area contributed by atoms with Crippen molar-refractivity contribution >= 4 is 12.2 Å². The second kappa shape index (κ2) is 5.91. The summed E-state index contributed by atoms with van der Waals surface area (Å²) in [6, 6.07) is -0.648. The molecule has 0 aromatic carbocycles. The maximum atomic E-state index is 16.0. The average molecular weight is 344 g/mol. The number of nitrogens with zero attached hydrogens (tertiary/aromatic N) is 3. The van der Waals surface area contributed by atoms with E-state index in [2.05, 4.69) is 10.3 Å². The molecule has 136 valence electrons. The third kappa shape index (κ3) is 1.92. The molecule has 3 aliphatic rings. The van der Waals surface area contributed by atoms with Gasteiger partial charge in [-0.3, -0.25) is 10.3 Å². The molecule has 2 fully saturated rings. The number of halogens is 1. The molecule has 8 nitrogen and oxygen atoms in total. The van der Waals surface area contributed by atoms with Crippen LogP contribution in [0.15, 0.2) is 4.99 Å². The zero-order chi connectivity index (χ0) is 17.6. The Morgan fingerprint density at radius 2 is 2.29 bits per heavy atom. The lowest BCUT2D eigenvalue weighted by molar-refractivity contribution is -0.295. The number of carbonyl (C=O) groups excluding carboxylic acids is 1. The highest BCUT2D eigenvalue weighted by molar-refractivity contribution is 5.90. The highest BCUT2D eigenvalue weighted by atomic mass is 19.2. The highest BCUT2D eigenvalue weighted by Crippen LogP contribution is 2.53. The molecule has 0 saturated carbocycles. The van der Waals surface area contributed by atoms with Gasteiger partial charge < -0.3 is 20.0 Å². The molecule has 2 saturated heterocycles. The molecule has 9 heteroatoms. The average Bonchev–Trinajstić information content (AvgIpc) is 3.13. The van der Waals surface area contributed by atoms with E-state index in [4.69, 9.17) is 4.74 Å². The molecule has 3 N–H and O–H groups in total. The maximum Gasteiger partial charge on any atom is 0.322 e. The van der Waals surface area contributed by atoms with Gasteiger partial charge in [0.05, 0.1) is 6.10 Å². The van der Waals surface area contributed by atoms with E-state index >= 15 is 4.39 Å². The Morgan fingerprint density at radius 3 is 2.88 bits per heavy atom. The number of aliphatic hydroxyl groups is 1. The van der Waals surface area contributed by atoms with E-state index in [1.807, 2.05) is 6.92 Å². The number of ether oxygens (including phenoxy) is 1. The predicted molar refractivity (Wildman–Crippen MR) is 83.3 cm³/mol. The first-order chi connectivity index (χ1) is 11.4. The highest BCUT2D eigenvalue weighted by Gasteiger charge is 2.78. The minimum atomic E-state index is -2.62. The normalized spacial score (nSPS) is 40.7. The summed E-state index contributed by atoms with van der Waals surface area (Å²) in [7, 11) is 0. The van der Waals surface area contributed by atoms with Crippen molar-refractivity contribution in [1.82, 2.24) is 15.3 Å². The third-order valence-electron chi connectivity index (χ3n) is 5.37. The molecule has 0 aliphatic carbocycles. The molecule has 2 amide bonds. The first-order valence-electron chi connectivity index (χ1n) is 8.48. The number of aliphatic imine (C=N–C) groups is 1. The number of nitrogens with one attached hydrogen (secondary N) is 1. The number of hydrogen-bond acceptors (Lipinski definition) is 6. The fraction of sp³-hybridized carbons (Fsp3) is 0.867. The quantitative estimate of drug-likeness (QED) is 0.642. The summed E-state index contributed by atoms with van der Waals surface area (Å²) in [6.45, 7) is 3.93. The number of hydrogen-bond donors (Lipinski definition) is 3. The molecule has 0 radical (unpaired) electrons. The van der Waals surface area contributed by atoms with Crippen LogP contribution in [0.2, 0.25) is 0 Å². The van der Waals surface area contributed by atoms with Crippen molar-refractivity contribution in [2.75, 3.05) is 19.8 Å². The SMILES string of the molecule is CCCN1C(=O)NC2(F)N(O)CN=CC12C1([C@@H](O)CC)CCCO1. The van der Waals surface area contributed by atoms with Gasteiger partial charge in [0.25, 0.3) is 5.92 Å². The van der Waals surface area contributed by atoms with Gasteiger partial charge in [-0.05, 0) is 25.7 Å². The van der Waals surface area contributed by atoms with E-state index < -0.39 is 29.2 Å². The first kappa shape index (κ1) is 17.5. The van der Waals surface area contributed by atoms with Crippen LogP contribution in [0, 0.1) is 0 Å². The van der Waals surface area contributed by atoms with Crippen molar-refractivity contribution < 1.29 is 24.2 Å². The van der Waals surface area contributed by atoms with E-state index in [0.717, 1.165) is 0 Å². The fourth-order valence-electron chi connectivity index (χ4n) is 4.34. The van der Waals surface area contributed by atoms with Crippen LogP contribution in [0.1, 0.15) is 39.5 Å². The van der Waals surface area contributed by atoms with E-state index in [1.54, 1.807) is 6.92 Å². The molecule has 24 heavy (non-hydrogen) atoms. The largest absolute Gasteiger partial charge is 0.390 e. The number of hydroxylamine groups is 2. The van der Waals surface area contributed by atoms with Gasteiger partial charge in [0.15, 0.2) is 5.54 Å². The summed E-state index contributed by atoms with van der Waals surface area (Å²) < 4.78 is 22.0. The lowest BCUT2D eigenvalue weighted by Gasteiger charge is -2.55. The number of rotatable bonds is 5. The monoisotopic (exact) mass is 344 g/mol. The Kier molecular flexibility index (Phi) is 4.31. The summed E-state index contributed by atoms with van der Waals surface area (Å²) in [5.74, 6) is -2.62. The van der Waals surface area contributed by atoms with Crippen molar-refractivity contribution in [3.8, 4) is 0 Å². The van der Waals surface area contributed by atoms with Crippen LogP contribution in [0.5, 0.6) is 0 Å². The van der Waals surface area contributed by atoms with Crippen LogP contribution in [0.3, 0.4) is 0 Å². The number of carbonyl (C=O) groups is 1. The van der Waals surface area contributed by atoms with Crippen molar-refractivity contribution in [3.05, 3.63) is 0 Å². The summed E-state index contributed by atoms with van der Waals surface area (Å²) in [5, 5.41) is 23.6. The van der Waals surface area contributed by atoms with Crippen LogP contribution in [0.4, 0.5) is 9.18 Å². The minimum absolute atomic E-state index is 0.249. The van der Waals surface area contributed by atoms with Gasteiger partial charge in [-0.2, -0.15) is 4.39 Å². The minimum Gasteiger partial charge on any atom is -0.390 e. The van der Waals surface area contributed by atoms with Gasteiger partial charge in [0, 0.05) is 19.4 Å². The summed E-state index contributed by atoms with van der Waals surface area (Å²) >= 11 is 0. The Bertz CT molecular complexity index is 542. The van der Waals surface area contributed by atoms with Gasteiger partial charge in [-0.25, -0.2) is 4.79 Å². The lowest BCUT2D eigenvalue weighted by atomic mass is 9.69. The number of fused-ring (bicyclic) bond motifs is 1. The van der Waals surface area contributed by atoms with Crippen LogP contribution >= 0.6 is 0 Å². The van der Waals surface area contributed by atoms with Crippen molar-refractivity contribution in [1.29, 1.82) is 0 Å². The molecule has 4 atom stereocenters.